The van der Waals surface area contributed by atoms with Crippen LogP contribution in [-0.4, -0.2) is 31.0 Å². The number of carbonyl (C=O) groups is 1. The van der Waals surface area contributed by atoms with Crippen LogP contribution in [0.25, 0.3) is 0 Å². The molecule has 2 N–H and O–H groups in total. The molecule has 22 heavy (non-hydrogen) atoms. The number of benzene rings is 1. The first-order valence-electron chi connectivity index (χ1n) is 7.36. The van der Waals surface area contributed by atoms with E-state index in [2.05, 4.69) is 41.2 Å². The van der Waals surface area contributed by atoms with Crippen LogP contribution in [0.4, 0.5) is 4.79 Å². The smallest absolute Gasteiger partial charge is 0.407 e. The molecule has 0 aliphatic heterocycles. The van der Waals surface area contributed by atoms with Crippen LogP contribution in [0.15, 0.2) is 41.3 Å². The standard InChI is InChI=1S/C17H26N2O2S/c1-17(2,3)21-16(20)19-12-6-5-11-18-13-14-7-9-15(22-4)10-8-14/h5-10,18H,11-13H2,1-4H3,(H,19,20)/b6-5+. The molecule has 1 rings (SSSR count). The fourth-order valence-electron chi connectivity index (χ4n) is 1.67. The third-order valence-electron chi connectivity index (χ3n) is 2.68. The van der Waals surface area contributed by atoms with Gasteiger partial charge in [0, 0.05) is 24.5 Å². The molecule has 1 aromatic rings. The molecule has 0 atom stereocenters. The highest BCUT2D eigenvalue weighted by Crippen LogP contribution is 2.14. The average Bonchev–Trinajstić information content (AvgIpc) is 2.45. The fraction of sp³-hybridized carbons (Fsp3) is 0.471. The highest BCUT2D eigenvalue weighted by atomic mass is 32.2. The van der Waals surface area contributed by atoms with Crippen molar-refractivity contribution < 1.29 is 9.53 Å². The number of nitrogens with one attached hydrogen (secondary N) is 2. The zero-order chi connectivity index (χ0) is 16.4. The van der Waals surface area contributed by atoms with Crippen molar-refractivity contribution in [1.82, 2.24) is 10.6 Å². The maximum atomic E-state index is 11.4. The lowest BCUT2D eigenvalue weighted by molar-refractivity contribution is 0.0534. The summed E-state index contributed by atoms with van der Waals surface area (Å²) < 4.78 is 5.14. The molecule has 4 nitrogen and oxygen atoms in total. The number of amides is 1. The summed E-state index contributed by atoms with van der Waals surface area (Å²) in [5.41, 5.74) is 0.805. The minimum Gasteiger partial charge on any atom is -0.444 e. The summed E-state index contributed by atoms with van der Waals surface area (Å²) in [5.74, 6) is 0. The Hall–Kier alpha value is -1.46. The summed E-state index contributed by atoms with van der Waals surface area (Å²) in [6.45, 7) is 7.60. The molecule has 5 heteroatoms. The van der Waals surface area contributed by atoms with E-state index in [0.29, 0.717) is 6.54 Å². The van der Waals surface area contributed by atoms with Crippen molar-refractivity contribution >= 4 is 17.9 Å². The maximum absolute atomic E-state index is 11.4. The van der Waals surface area contributed by atoms with Crippen molar-refractivity contribution in [2.45, 2.75) is 37.8 Å². The van der Waals surface area contributed by atoms with Gasteiger partial charge in [0.2, 0.25) is 0 Å². The number of carbonyl (C=O) groups excluding carboxylic acids is 1. The lowest BCUT2D eigenvalue weighted by atomic mass is 10.2. The number of ether oxygens (including phenoxy) is 1. The van der Waals surface area contributed by atoms with E-state index in [-0.39, 0.29) is 6.09 Å². The van der Waals surface area contributed by atoms with E-state index in [1.54, 1.807) is 11.8 Å². The molecule has 0 unspecified atom stereocenters. The van der Waals surface area contributed by atoms with E-state index in [0.717, 1.165) is 13.1 Å². The number of rotatable bonds is 7. The van der Waals surface area contributed by atoms with Crippen LogP contribution in [0, 0.1) is 0 Å². The minimum atomic E-state index is -0.457. The van der Waals surface area contributed by atoms with E-state index < -0.39 is 5.60 Å². The summed E-state index contributed by atoms with van der Waals surface area (Å²) in [6.07, 6.45) is 5.59. The van der Waals surface area contributed by atoms with Gasteiger partial charge in [-0.2, -0.15) is 0 Å². The van der Waals surface area contributed by atoms with Gasteiger partial charge in [-0.1, -0.05) is 24.3 Å². The lowest BCUT2D eigenvalue weighted by Gasteiger charge is -2.19. The number of hydrogen-bond acceptors (Lipinski definition) is 4. The first-order valence-corrected chi connectivity index (χ1v) is 8.58. The van der Waals surface area contributed by atoms with Gasteiger partial charge in [-0.05, 0) is 44.7 Å². The van der Waals surface area contributed by atoms with Crippen molar-refractivity contribution in [3.8, 4) is 0 Å². The van der Waals surface area contributed by atoms with E-state index in [1.165, 1.54) is 10.5 Å². The maximum Gasteiger partial charge on any atom is 0.407 e. The molecule has 122 valence electrons. The van der Waals surface area contributed by atoms with Crippen molar-refractivity contribution in [3.05, 3.63) is 42.0 Å². The Morgan fingerprint density at radius 1 is 1.18 bits per heavy atom. The van der Waals surface area contributed by atoms with Crippen LogP contribution in [0.3, 0.4) is 0 Å². The van der Waals surface area contributed by atoms with Crippen LogP contribution >= 0.6 is 11.8 Å². The predicted octanol–water partition coefficient (Wildman–Crippen LogP) is 3.58. The molecule has 0 heterocycles. The largest absolute Gasteiger partial charge is 0.444 e. The van der Waals surface area contributed by atoms with E-state index >= 15 is 0 Å². The van der Waals surface area contributed by atoms with Crippen LogP contribution in [0.2, 0.25) is 0 Å². The van der Waals surface area contributed by atoms with Crippen LogP contribution in [-0.2, 0) is 11.3 Å². The van der Waals surface area contributed by atoms with Gasteiger partial charge in [0.05, 0.1) is 0 Å². The summed E-state index contributed by atoms with van der Waals surface area (Å²) in [7, 11) is 0. The third-order valence-corrected chi connectivity index (χ3v) is 3.42. The zero-order valence-corrected chi connectivity index (χ0v) is 14.6. The second kappa shape index (κ2) is 9.54. The van der Waals surface area contributed by atoms with Gasteiger partial charge >= 0.3 is 6.09 Å². The molecule has 0 fully saturated rings. The molecule has 1 aromatic carbocycles. The van der Waals surface area contributed by atoms with Gasteiger partial charge < -0.3 is 15.4 Å². The van der Waals surface area contributed by atoms with Crippen molar-refractivity contribution in [1.29, 1.82) is 0 Å². The number of thioether (sulfide) groups is 1. The highest BCUT2D eigenvalue weighted by Gasteiger charge is 2.14. The fourth-order valence-corrected chi connectivity index (χ4v) is 2.07. The molecular weight excluding hydrogens is 296 g/mol. The molecule has 0 saturated carbocycles. The molecule has 0 aliphatic rings. The molecule has 0 saturated heterocycles. The Bertz CT molecular complexity index is 478. The predicted molar refractivity (Wildman–Crippen MR) is 93.3 cm³/mol. The quantitative estimate of drug-likeness (QED) is 0.458. The second-order valence-corrected chi connectivity index (χ2v) is 6.71. The normalized spacial score (nSPS) is 11.6. The van der Waals surface area contributed by atoms with Crippen LogP contribution in [0.5, 0.6) is 0 Å². The molecule has 0 aliphatic carbocycles. The Morgan fingerprint density at radius 2 is 1.82 bits per heavy atom. The van der Waals surface area contributed by atoms with Crippen molar-refractivity contribution in [3.63, 3.8) is 0 Å². The summed E-state index contributed by atoms with van der Waals surface area (Å²) in [5, 5.41) is 6.01. The Kier molecular flexibility index (Phi) is 8.06. The summed E-state index contributed by atoms with van der Waals surface area (Å²) >= 11 is 1.74. The van der Waals surface area contributed by atoms with Crippen molar-refractivity contribution in [2.24, 2.45) is 0 Å². The van der Waals surface area contributed by atoms with Gasteiger partial charge in [0.15, 0.2) is 0 Å². The molecular formula is C17H26N2O2S. The van der Waals surface area contributed by atoms with E-state index in [1.807, 2.05) is 32.9 Å². The number of alkyl carbamates (subject to hydrolysis) is 1. The van der Waals surface area contributed by atoms with Gasteiger partial charge in [-0.3, -0.25) is 0 Å². The van der Waals surface area contributed by atoms with Crippen molar-refractivity contribution in [2.75, 3.05) is 19.3 Å². The molecule has 0 bridgehead atoms. The van der Waals surface area contributed by atoms with Crippen LogP contribution in [0.1, 0.15) is 26.3 Å². The Balaban J connectivity index is 2.12. The first kappa shape index (κ1) is 18.6. The minimum absolute atomic E-state index is 0.390. The SMILES string of the molecule is CSc1ccc(CNC/C=C/CNC(=O)OC(C)(C)C)cc1. The average molecular weight is 322 g/mol. The monoisotopic (exact) mass is 322 g/mol. The Morgan fingerprint density at radius 3 is 2.41 bits per heavy atom. The van der Waals surface area contributed by atoms with E-state index in [4.69, 9.17) is 4.74 Å². The van der Waals surface area contributed by atoms with Gasteiger partial charge in [0.1, 0.15) is 5.60 Å². The Labute approximate surface area is 137 Å². The van der Waals surface area contributed by atoms with Gasteiger partial charge in [0.25, 0.3) is 0 Å². The third kappa shape index (κ3) is 8.74. The van der Waals surface area contributed by atoms with Crippen LogP contribution < -0.4 is 10.6 Å². The molecule has 0 radical (unpaired) electrons. The highest BCUT2D eigenvalue weighted by molar-refractivity contribution is 7.98. The van der Waals surface area contributed by atoms with Gasteiger partial charge in [-0.25, -0.2) is 4.79 Å². The summed E-state index contributed by atoms with van der Waals surface area (Å²) in [4.78, 5) is 12.7. The van der Waals surface area contributed by atoms with Gasteiger partial charge in [-0.15, -0.1) is 11.8 Å². The lowest BCUT2D eigenvalue weighted by Crippen LogP contribution is -2.32. The molecule has 0 aromatic heterocycles. The second-order valence-electron chi connectivity index (χ2n) is 5.83. The summed E-state index contributed by atoms with van der Waals surface area (Å²) in [6, 6.07) is 8.52. The van der Waals surface area contributed by atoms with E-state index in [9.17, 15) is 4.79 Å². The first-order chi connectivity index (χ1) is 10.4. The topological polar surface area (TPSA) is 50.4 Å². The molecule has 0 spiro atoms. The zero-order valence-electron chi connectivity index (χ0n) is 13.8. The molecule has 1 amide bonds. The number of hydrogen-bond donors (Lipinski definition) is 2.